The second-order valence-corrected chi connectivity index (χ2v) is 9.24. The molecular formula is C24H18O6P2. The van der Waals surface area contributed by atoms with E-state index >= 15 is 0 Å². The molecule has 2 heterocycles. The Bertz CT molecular complexity index is 1140. The van der Waals surface area contributed by atoms with E-state index in [4.69, 9.17) is 27.1 Å². The fourth-order valence-electron chi connectivity index (χ4n) is 3.66. The average Bonchev–Trinajstić information content (AvgIpc) is 2.82. The molecule has 2 aliphatic rings. The molecule has 32 heavy (non-hydrogen) atoms. The summed E-state index contributed by atoms with van der Waals surface area (Å²) in [7, 11) is -3.01. The van der Waals surface area contributed by atoms with E-state index < -0.39 is 17.2 Å². The van der Waals surface area contributed by atoms with Gasteiger partial charge >= 0.3 is 17.2 Å². The van der Waals surface area contributed by atoms with Gasteiger partial charge in [-0.2, -0.15) is 0 Å². The van der Waals surface area contributed by atoms with Crippen molar-refractivity contribution in [2.75, 3.05) is 13.2 Å². The number of hydrogen-bond acceptors (Lipinski definition) is 6. The van der Waals surface area contributed by atoms with Gasteiger partial charge in [-0.15, -0.1) is 0 Å². The van der Waals surface area contributed by atoms with Gasteiger partial charge in [-0.3, -0.25) is 9.05 Å². The van der Waals surface area contributed by atoms with Crippen molar-refractivity contribution in [3.05, 3.63) is 84.9 Å². The molecule has 0 radical (unpaired) electrons. The maximum absolute atomic E-state index is 5.88. The van der Waals surface area contributed by atoms with E-state index in [-0.39, 0.29) is 0 Å². The lowest BCUT2D eigenvalue weighted by molar-refractivity contribution is 0.282. The molecule has 0 atom stereocenters. The molecule has 160 valence electrons. The molecule has 0 saturated carbocycles. The van der Waals surface area contributed by atoms with Crippen LogP contribution < -0.4 is 18.1 Å². The molecule has 2 aliphatic heterocycles. The van der Waals surface area contributed by atoms with Crippen LogP contribution in [0.3, 0.4) is 0 Å². The third-order valence-electron chi connectivity index (χ3n) is 5.07. The molecule has 4 aromatic carbocycles. The second kappa shape index (κ2) is 8.57. The van der Waals surface area contributed by atoms with E-state index in [0.29, 0.717) is 13.2 Å². The van der Waals surface area contributed by atoms with Gasteiger partial charge < -0.3 is 18.1 Å². The van der Waals surface area contributed by atoms with E-state index in [2.05, 4.69) is 0 Å². The second-order valence-electron chi connectivity index (χ2n) is 7.10. The Morgan fingerprint density at radius 1 is 0.531 bits per heavy atom. The van der Waals surface area contributed by atoms with Crippen LogP contribution in [-0.2, 0) is 9.05 Å². The van der Waals surface area contributed by atoms with Crippen molar-refractivity contribution in [2.45, 2.75) is 0 Å². The van der Waals surface area contributed by atoms with Gasteiger partial charge in [0.25, 0.3) is 0 Å². The molecule has 0 spiro atoms. The Morgan fingerprint density at radius 2 is 0.875 bits per heavy atom. The van der Waals surface area contributed by atoms with Crippen molar-refractivity contribution in [2.24, 2.45) is 0 Å². The normalized spacial score (nSPS) is 15.4. The van der Waals surface area contributed by atoms with E-state index in [9.17, 15) is 0 Å². The maximum Gasteiger partial charge on any atom is 0.463 e. The predicted molar refractivity (Wildman–Crippen MR) is 125 cm³/mol. The quantitative estimate of drug-likeness (QED) is 0.221. The summed E-state index contributed by atoms with van der Waals surface area (Å²) in [5.74, 6) is 3.14. The van der Waals surface area contributed by atoms with Crippen molar-refractivity contribution in [1.82, 2.24) is 0 Å². The number of benzene rings is 4. The molecule has 0 amide bonds. The Morgan fingerprint density at radius 3 is 1.22 bits per heavy atom. The largest absolute Gasteiger partial charge is 0.463 e. The molecule has 0 bridgehead atoms. The van der Waals surface area contributed by atoms with Gasteiger partial charge in [-0.1, -0.05) is 60.7 Å². The third-order valence-corrected chi connectivity index (χ3v) is 7.17. The number of rotatable bonds is 6. The first-order valence-corrected chi connectivity index (χ1v) is 12.3. The lowest BCUT2D eigenvalue weighted by atomic mass is 10.1. The monoisotopic (exact) mass is 464 g/mol. The van der Waals surface area contributed by atoms with Gasteiger partial charge in [0.1, 0.15) is 23.0 Å². The first-order valence-electron chi connectivity index (χ1n) is 10.1. The minimum atomic E-state index is -1.50. The van der Waals surface area contributed by atoms with Crippen molar-refractivity contribution >= 4 is 38.7 Å². The standard InChI is InChI=1S/C24H18O6P2/c1(15-25-31-27-19-11-3-7-17-8-4-12-20(28-31)23(17)19)2-16-26-32-29-21-13-5-9-18-10-6-14-22(30-32)24(18)21/h1-14H,15-16H2. The van der Waals surface area contributed by atoms with E-state index in [0.717, 1.165) is 44.5 Å². The lowest BCUT2D eigenvalue weighted by Crippen LogP contribution is -2.06. The van der Waals surface area contributed by atoms with Crippen molar-refractivity contribution in [3.63, 3.8) is 0 Å². The molecule has 6 nitrogen and oxygen atoms in total. The Balaban J connectivity index is 1.01. The van der Waals surface area contributed by atoms with E-state index in [1.165, 1.54) is 0 Å². The van der Waals surface area contributed by atoms with Gasteiger partial charge in [0.15, 0.2) is 0 Å². The zero-order valence-corrected chi connectivity index (χ0v) is 18.6. The summed E-state index contributed by atoms with van der Waals surface area (Å²) in [4.78, 5) is 0. The van der Waals surface area contributed by atoms with E-state index in [1.807, 2.05) is 84.9 Å². The highest BCUT2D eigenvalue weighted by Crippen LogP contribution is 2.52. The van der Waals surface area contributed by atoms with Crippen LogP contribution in [0, 0.1) is 0 Å². The van der Waals surface area contributed by atoms with Crippen molar-refractivity contribution < 1.29 is 27.1 Å². The summed E-state index contributed by atoms with van der Waals surface area (Å²) in [5.41, 5.74) is 0. The van der Waals surface area contributed by atoms with Crippen LogP contribution in [0.25, 0.3) is 21.5 Å². The van der Waals surface area contributed by atoms with Crippen LogP contribution in [0.15, 0.2) is 84.9 Å². The summed E-state index contributed by atoms with van der Waals surface area (Å²) in [6.45, 7) is 0.685. The van der Waals surface area contributed by atoms with Crippen LogP contribution in [0.5, 0.6) is 23.0 Å². The molecule has 0 saturated heterocycles. The minimum Gasteiger partial charge on any atom is -0.417 e. The highest BCUT2D eigenvalue weighted by atomic mass is 31.2. The topological polar surface area (TPSA) is 55.4 Å². The smallest absolute Gasteiger partial charge is 0.417 e. The van der Waals surface area contributed by atoms with Gasteiger partial charge in [0, 0.05) is 0 Å². The van der Waals surface area contributed by atoms with Crippen LogP contribution in [0.4, 0.5) is 0 Å². The molecule has 0 unspecified atom stereocenters. The van der Waals surface area contributed by atoms with Gasteiger partial charge in [0.05, 0.1) is 24.0 Å². The van der Waals surface area contributed by atoms with Crippen molar-refractivity contribution in [3.8, 4) is 23.0 Å². The van der Waals surface area contributed by atoms with Gasteiger partial charge in [0.2, 0.25) is 0 Å². The molecule has 6 rings (SSSR count). The van der Waals surface area contributed by atoms with Crippen LogP contribution in [-0.4, -0.2) is 13.2 Å². The Hall–Kier alpha value is -2.88. The molecule has 4 aromatic rings. The molecular weight excluding hydrogens is 446 g/mol. The average molecular weight is 464 g/mol. The molecule has 0 fully saturated rings. The van der Waals surface area contributed by atoms with E-state index in [1.54, 1.807) is 0 Å². The highest BCUT2D eigenvalue weighted by Gasteiger charge is 2.26. The zero-order chi connectivity index (χ0) is 21.3. The van der Waals surface area contributed by atoms with Gasteiger partial charge in [-0.05, 0) is 35.0 Å². The summed E-state index contributed by atoms with van der Waals surface area (Å²) in [6.07, 6.45) is 3.73. The third kappa shape index (κ3) is 3.76. The Kier molecular flexibility index (Phi) is 5.30. The SMILES string of the molecule is C(=CCOP1Oc2cccc3cccc(c23)O1)COP1Oc2cccc3cccc(c23)O1. The van der Waals surface area contributed by atoms with Crippen molar-refractivity contribution in [1.29, 1.82) is 0 Å². The maximum atomic E-state index is 5.88. The van der Waals surface area contributed by atoms with Crippen LogP contribution in [0.1, 0.15) is 0 Å². The zero-order valence-electron chi connectivity index (χ0n) is 16.8. The van der Waals surface area contributed by atoms with Gasteiger partial charge in [-0.25, -0.2) is 0 Å². The molecule has 0 aromatic heterocycles. The first-order chi connectivity index (χ1) is 15.8. The Labute approximate surface area is 187 Å². The fraction of sp³-hybridized carbons (Fsp3) is 0.0833. The predicted octanol–water partition coefficient (Wildman–Crippen LogP) is 7.28. The van der Waals surface area contributed by atoms with Crippen LogP contribution in [0.2, 0.25) is 0 Å². The molecule has 8 heteroatoms. The minimum absolute atomic E-state index is 0.342. The molecule has 0 N–H and O–H groups in total. The van der Waals surface area contributed by atoms with Crippen LogP contribution >= 0.6 is 17.2 Å². The fourth-order valence-corrected chi connectivity index (χ4v) is 5.61. The summed E-state index contributed by atoms with van der Waals surface area (Å²) in [5, 5.41) is 4.13. The summed E-state index contributed by atoms with van der Waals surface area (Å²) in [6, 6.07) is 23.7. The number of hydrogen-bond donors (Lipinski definition) is 0. The summed E-state index contributed by atoms with van der Waals surface area (Å²) >= 11 is 0. The lowest BCUT2D eigenvalue weighted by Gasteiger charge is -2.24. The summed E-state index contributed by atoms with van der Waals surface area (Å²) < 4.78 is 35.1. The first kappa shape index (κ1) is 19.8. The molecule has 0 aliphatic carbocycles. The highest BCUT2D eigenvalue weighted by molar-refractivity contribution is 7.43.